The molecule has 0 saturated carbocycles. The van der Waals surface area contributed by atoms with Gasteiger partial charge in [0.25, 0.3) is 0 Å². The molecule has 1 aromatic carbocycles. The van der Waals surface area contributed by atoms with Gasteiger partial charge in [-0.25, -0.2) is 9.97 Å². The van der Waals surface area contributed by atoms with Crippen molar-refractivity contribution in [1.82, 2.24) is 15.3 Å². The van der Waals surface area contributed by atoms with E-state index in [4.69, 9.17) is 4.74 Å². The first-order chi connectivity index (χ1) is 12.5. The van der Waals surface area contributed by atoms with E-state index in [-0.39, 0.29) is 11.9 Å². The second kappa shape index (κ2) is 8.39. The summed E-state index contributed by atoms with van der Waals surface area (Å²) in [5.41, 5.74) is 4.00. The molecule has 2 heterocycles. The maximum Gasteiger partial charge on any atom is 0.220 e. The van der Waals surface area contributed by atoms with Crippen LogP contribution in [0.15, 0.2) is 27.8 Å². The molecule has 7 heteroatoms. The average Bonchev–Trinajstić information content (AvgIpc) is 2.61. The Kier molecular flexibility index (Phi) is 6.19. The molecule has 0 saturated heterocycles. The summed E-state index contributed by atoms with van der Waals surface area (Å²) in [5.74, 6) is 0.882. The summed E-state index contributed by atoms with van der Waals surface area (Å²) < 4.78 is 6.67. The molecule has 1 aliphatic rings. The van der Waals surface area contributed by atoms with Crippen molar-refractivity contribution < 1.29 is 9.53 Å². The number of carbonyl (C=O) groups is 1. The van der Waals surface area contributed by atoms with Crippen LogP contribution in [0.2, 0.25) is 0 Å². The van der Waals surface area contributed by atoms with Gasteiger partial charge in [-0.2, -0.15) is 0 Å². The second-order valence-corrected chi connectivity index (χ2v) is 7.99. The molecular formula is C19H22BrN3O2S. The summed E-state index contributed by atoms with van der Waals surface area (Å²) >= 11 is 5.02. The lowest BCUT2D eigenvalue weighted by Crippen LogP contribution is -2.32. The molecule has 0 spiro atoms. The van der Waals surface area contributed by atoms with Crippen LogP contribution in [0.5, 0.6) is 5.75 Å². The van der Waals surface area contributed by atoms with Crippen LogP contribution in [-0.2, 0) is 11.2 Å². The standard InChI is InChI=1S/C19H22BrN3O2S/c1-11-14(12(2)22-19(21-11)26-3)5-7-18(24)23-16-8-9-25-17-6-4-13(20)10-15(16)17/h4,6,10,16H,5,7-9H2,1-3H3,(H,23,24). The van der Waals surface area contributed by atoms with Crippen molar-refractivity contribution in [3.05, 3.63) is 45.2 Å². The lowest BCUT2D eigenvalue weighted by molar-refractivity contribution is -0.122. The fourth-order valence-electron chi connectivity index (χ4n) is 3.18. The SMILES string of the molecule is CSc1nc(C)c(CCC(=O)NC2CCOc3ccc(Br)cc32)c(C)n1. The van der Waals surface area contributed by atoms with Crippen LogP contribution in [0, 0.1) is 13.8 Å². The predicted molar refractivity (Wildman–Crippen MR) is 107 cm³/mol. The van der Waals surface area contributed by atoms with E-state index >= 15 is 0 Å². The first-order valence-corrected chi connectivity index (χ1v) is 10.6. The molecule has 1 aromatic heterocycles. The maximum atomic E-state index is 12.5. The van der Waals surface area contributed by atoms with Crippen LogP contribution in [0.3, 0.4) is 0 Å². The van der Waals surface area contributed by atoms with E-state index in [2.05, 4.69) is 31.2 Å². The summed E-state index contributed by atoms with van der Waals surface area (Å²) in [7, 11) is 0. The van der Waals surface area contributed by atoms with Crippen molar-refractivity contribution in [2.24, 2.45) is 0 Å². The molecule has 1 aliphatic heterocycles. The third-order valence-electron chi connectivity index (χ3n) is 4.53. The van der Waals surface area contributed by atoms with Crippen LogP contribution < -0.4 is 10.1 Å². The Hall–Kier alpha value is -1.60. The number of amides is 1. The van der Waals surface area contributed by atoms with E-state index in [0.717, 1.165) is 44.3 Å². The molecule has 2 aromatic rings. The van der Waals surface area contributed by atoms with Gasteiger partial charge in [-0.05, 0) is 50.3 Å². The molecule has 1 unspecified atom stereocenters. The number of ether oxygens (including phenoxy) is 1. The van der Waals surface area contributed by atoms with E-state index in [1.165, 1.54) is 11.8 Å². The van der Waals surface area contributed by atoms with E-state index in [1.54, 1.807) is 0 Å². The second-order valence-electron chi connectivity index (χ2n) is 6.30. The number of hydrogen-bond acceptors (Lipinski definition) is 5. The minimum absolute atomic E-state index is 0.0129. The average molecular weight is 436 g/mol. The maximum absolute atomic E-state index is 12.5. The van der Waals surface area contributed by atoms with E-state index in [1.807, 2.05) is 38.3 Å². The fourth-order valence-corrected chi connectivity index (χ4v) is 4.02. The van der Waals surface area contributed by atoms with Gasteiger partial charge in [0.1, 0.15) is 5.75 Å². The Morgan fingerprint density at radius 1 is 1.35 bits per heavy atom. The van der Waals surface area contributed by atoms with Crippen LogP contribution in [0.25, 0.3) is 0 Å². The van der Waals surface area contributed by atoms with Gasteiger partial charge in [-0.1, -0.05) is 27.7 Å². The number of nitrogens with zero attached hydrogens (tertiary/aromatic N) is 2. The van der Waals surface area contributed by atoms with Crippen molar-refractivity contribution >= 4 is 33.6 Å². The van der Waals surface area contributed by atoms with Crippen molar-refractivity contribution in [3.63, 3.8) is 0 Å². The Morgan fingerprint density at radius 3 is 2.77 bits per heavy atom. The highest BCUT2D eigenvalue weighted by Crippen LogP contribution is 2.34. The smallest absolute Gasteiger partial charge is 0.220 e. The predicted octanol–water partition coefficient (Wildman–Crippen LogP) is 4.15. The van der Waals surface area contributed by atoms with Crippen LogP contribution >= 0.6 is 27.7 Å². The van der Waals surface area contributed by atoms with Gasteiger partial charge in [-0.15, -0.1) is 0 Å². The van der Waals surface area contributed by atoms with Crippen molar-refractivity contribution in [3.8, 4) is 5.75 Å². The summed E-state index contributed by atoms with van der Waals surface area (Å²) in [6, 6.07) is 5.89. The first-order valence-electron chi connectivity index (χ1n) is 8.57. The number of aromatic nitrogens is 2. The molecule has 1 atom stereocenters. The number of thioether (sulfide) groups is 1. The van der Waals surface area contributed by atoms with Crippen molar-refractivity contribution in [2.45, 2.75) is 44.3 Å². The molecule has 5 nitrogen and oxygen atoms in total. The number of halogens is 1. The minimum atomic E-state index is -0.0129. The summed E-state index contributed by atoms with van der Waals surface area (Å²) in [5, 5.41) is 3.92. The van der Waals surface area contributed by atoms with E-state index in [0.29, 0.717) is 19.4 Å². The van der Waals surface area contributed by atoms with Gasteiger partial charge in [0.15, 0.2) is 5.16 Å². The zero-order valence-electron chi connectivity index (χ0n) is 15.1. The Bertz CT molecular complexity index is 805. The largest absolute Gasteiger partial charge is 0.493 e. The molecule has 0 bridgehead atoms. The third-order valence-corrected chi connectivity index (χ3v) is 5.57. The van der Waals surface area contributed by atoms with Gasteiger partial charge < -0.3 is 10.1 Å². The lowest BCUT2D eigenvalue weighted by atomic mass is 10.00. The van der Waals surface area contributed by atoms with Gasteiger partial charge in [0.05, 0.1) is 12.6 Å². The lowest BCUT2D eigenvalue weighted by Gasteiger charge is -2.27. The Balaban J connectivity index is 1.65. The quantitative estimate of drug-likeness (QED) is 0.564. The van der Waals surface area contributed by atoms with Gasteiger partial charge in [-0.3, -0.25) is 4.79 Å². The molecular weight excluding hydrogens is 414 g/mol. The molecule has 138 valence electrons. The Labute approximate surface area is 166 Å². The number of hydrogen-bond donors (Lipinski definition) is 1. The topological polar surface area (TPSA) is 64.1 Å². The number of rotatable bonds is 5. The minimum Gasteiger partial charge on any atom is -0.493 e. The zero-order valence-corrected chi connectivity index (χ0v) is 17.5. The highest BCUT2D eigenvalue weighted by molar-refractivity contribution is 9.10. The molecule has 3 rings (SSSR count). The number of fused-ring (bicyclic) bond motifs is 1. The molecule has 0 fully saturated rings. The molecule has 1 amide bonds. The number of carbonyl (C=O) groups excluding carboxylic acids is 1. The number of nitrogens with one attached hydrogen (secondary N) is 1. The fraction of sp³-hybridized carbons (Fsp3) is 0.421. The van der Waals surface area contributed by atoms with E-state index in [9.17, 15) is 4.79 Å². The van der Waals surface area contributed by atoms with Crippen LogP contribution in [0.1, 0.15) is 41.4 Å². The summed E-state index contributed by atoms with van der Waals surface area (Å²) in [6.07, 6.45) is 3.81. The van der Waals surface area contributed by atoms with Crippen molar-refractivity contribution in [2.75, 3.05) is 12.9 Å². The third kappa shape index (κ3) is 4.38. The molecule has 0 radical (unpaired) electrons. The highest BCUT2D eigenvalue weighted by Gasteiger charge is 2.23. The van der Waals surface area contributed by atoms with Gasteiger partial charge >= 0.3 is 0 Å². The molecule has 26 heavy (non-hydrogen) atoms. The molecule has 0 aliphatic carbocycles. The molecule has 1 N–H and O–H groups in total. The summed E-state index contributed by atoms with van der Waals surface area (Å²) in [6.45, 7) is 4.57. The van der Waals surface area contributed by atoms with Crippen LogP contribution in [-0.4, -0.2) is 28.7 Å². The van der Waals surface area contributed by atoms with Gasteiger partial charge in [0, 0.05) is 34.3 Å². The van der Waals surface area contributed by atoms with Crippen molar-refractivity contribution in [1.29, 1.82) is 0 Å². The summed E-state index contributed by atoms with van der Waals surface area (Å²) in [4.78, 5) is 21.5. The van der Waals surface area contributed by atoms with Crippen LogP contribution in [0.4, 0.5) is 0 Å². The first kappa shape index (κ1) is 19.2. The zero-order chi connectivity index (χ0) is 18.7. The monoisotopic (exact) mass is 435 g/mol. The number of benzene rings is 1. The normalized spacial score (nSPS) is 15.9. The highest BCUT2D eigenvalue weighted by atomic mass is 79.9. The number of aryl methyl sites for hydroxylation is 2. The Morgan fingerprint density at radius 2 is 2.08 bits per heavy atom. The van der Waals surface area contributed by atoms with Gasteiger partial charge in [0.2, 0.25) is 5.91 Å². The van der Waals surface area contributed by atoms with E-state index < -0.39 is 0 Å².